The predicted molar refractivity (Wildman–Crippen MR) is 118 cm³/mol. The van der Waals surface area contributed by atoms with E-state index in [0.29, 0.717) is 18.2 Å². The van der Waals surface area contributed by atoms with E-state index in [1.807, 2.05) is 11.0 Å². The van der Waals surface area contributed by atoms with E-state index in [2.05, 4.69) is 45.3 Å². The number of nitrogens with one attached hydrogen (secondary N) is 2. The molecular weight excluding hydrogens is 394 g/mol. The number of piperidine rings is 1. The summed E-state index contributed by atoms with van der Waals surface area (Å²) in [6, 6.07) is 1.43. The zero-order chi connectivity index (χ0) is 23.4. The van der Waals surface area contributed by atoms with Crippen LogP contribution in [0.15, 0.2) is 0 Å². The Morgan fingerprint density at radius 2 is 1.87 bits per heavy atom. The van der Waals surface area contributed by atoms with Gasteiger partial charge in [-0.25, -0.2) is 0 Å². The first kappa shape index (κ1) is 25.1. The highest BCUT2D eigenvalue weighted by molar-refractivity contribution is 5.83. The van der Waals surface area contributed by atoms with Crippen molar-refractivity contribution in [2.45, 2.75) is 71.9 Å². The summed E-state index contributed by atoms with van der Waals surface area (Å²) in [7, 11) is 0. The summed E-state index contributed by atoms with van der Waals surface area (Å²) < 4.78 is 0. The minimum absolute atomic E-state index is 0.0282. The molecule has 0 aromatic heterocycles. The van der Waals surface area contributed by atoms with E-state index in [4.69, 9.17) is 11.0 Å². The van der Waals surface area contributed by atoms with Crippen molar-refractivity contribution in [3.63, 3.8) is 0 Å². The van der Waals surface area contributed by atoms with E-state index in [9.17, 15) is 14.4 Å². The Labute approximate surface area is 186 Å². The van der Waals surface area contributed by atoms with Gasteiger partial charge in [-0.05, 0) is 48.9 Å². The molecule has 0 aromatic rings. The molecule has 0 radical (unpaired) electrons. The summed E-state index contributed by atoms with van der Waals surface area (Å²) in [4.78, 5) is 34.9. The molecule has 174 valence electrons. The van der Waals surface area contributed by atoms with Crippen LogP contribution in [-0.2, 0) is 14.4 Å². The smallest absolute Gasteiger partial charge is 0.236 e. The van der Waals surface area contributed by atoms with Crippen LogP contribution in [0.4, 0.5) is 0 Å². The zero-order valence-corrected chi connectivity index (χ0v) is 19.6. The molecule has 1 spiro atoms. The third kappa shape index (κ3) is 6.42. The number of nitrogens with two attached hydrogens (primary N) is 1. The Morgan fingerprint density at radius 3 is 2.26 bits per heavy atom. The Bertz CT molecular complexity index is 694. The summed E-state index contributed by atoms with van der Waals surface area (Å²) >= 11 is 0. The van der Waals surface area contributed by atoms with Gasteiger partial charge in [-0.1, -0.05) is 34.6 Å². The van der Waals surface area contributed by atoms with Crippen LogP contribution in [0.3, 0.4) is 0 Å². The Balaban J connectivity index is 0.000000192. The van der Waals surface area contributed by atoms with Gasteiger partial charge in [-0.15, -0.1) is 0 Å². The summed E-state index contributed by atoms with van der Waals surface area (Å²) in [5.41, 5.74) is 5.82. The number of amides is 3. The van der Waals surface area contributed by atoms with Crippen LogP contribution < -0.4 is 16.4 Å². The molecule has 4 N–H and O–H groups in total. The lowest BCUT2D eigenvalue weighted by Crippen LogP contribution is -2.37. The number of rotatable bonds is 5. The minimum Gasteiger partial charge on any atom is -0.350 e. The van der Waals surface area contributed by atoms with Gasteiger partial charge >= 0.3 is 0 Å². The molecule has 2 saturated heterocycles. The largest absolute Gasteiger partial charge is 0.350 e. The third-order valence-electron chi connectivity index (χ3n) is 6.84. The fourth-order valence-electron chi connectivity index (χ4n) is 4.64. The minimum atomic E-state index is -0.549. The average Bonchev–Trinajstić information content (AvgIpc) is 3.38. The number of fused-ring (bicyclic) bond motifs is 1. The van der Waals surface area contributed by atoms with Gasteiger partial charge in [-0.2, -0.15) is 5.26 Å². The van der Waals surface area contributed by atoms with E-state index >= 15 is 0 Å². The summed E-state index contributed by atoms with van der Waals surface area (Å²) in [5, 5.41) is 14.1. The predicted octanol–water partition coefficient (Wildman–Crippen LogP) is 1.41. The van der Waals surface area contributed by atoms with Gasteiger partial charge in [0.25, 0.3) is 0 Å². The second kappa shape index (κ2) is 9.99. The van der Waals surface area contributed by atoms with Crippen LogP contribution in [0.25, 0.3) is 0 Å². The molecule has 2 aliphatic carbocycles. The van der Waals surface area contributed by atoms with E-state index < -0.39 is 6.04 Å². The molecular formula is C23H39N5O3. The van der Waals surface area contributed by atoms with Crippen molar-refractivity contribution < 1.29 is 14.4 Å². The number of nitrogens with zero attached hydrogens (tertiary/aromatic N) is 2. The molecule has 2 heterocycles. The topological polar surface area (TPSA) is 128 Å². The number of hydrogen-bond donors (Lipinski definition) is 3. The first-order valence-electron chi connectivity index (χ1n) is 11.4. The average molecular weight is 434 g/mol. The van der Waals surface area contributed by atoms with Gasteiger partial charge in [0.05, 0.1) is 12.6 Å². The molecule has 0 bridgehead atoms. The van der Waals surface area contributed by atoms with Gasteiger partial charge < -0.3 is 21.3 Å². The van der Waals surface area contributed by atoms with Crippen molar-refractivity contribution in [2.24, 2.45) is 34.8 Å². The lowest BCUT2D eigenvalue weighted by molar-refractivity contribution is -0.129. The fraction of sp³-hybridized carbons (Fsp3) is 0.826. The summed E-state index contributed by atoms with van der Waals surface area (Å²) in [6.07, 6.45) is 3.84. The SMILES string of the molecule is CC(C)C.CC1(C)C2CN(C(=O)CN)CC21.N#CC(CC1CC2(CC2)NC1=O)NC=O. The van der Waals surface area contributed by atoms with Crippen LogP contribution in [0.5, 0.6) is 0 Å². The quantitative estimate of drug-likeness (QED) is 0.565. The van der Waals surface area contributed by atoms with Gasteiger partial charge in [-0.3, -0.25) is 14.4 Å². The van der Waals surface area contributed by atoms with Crippen molar-refractivity contribution in [3.05, 3.63) is 0 Å². The van der Waals surface area contributed by atoms with Crippen molar-refractivity contribution >= 4 is 18.2 Å². The number of carbonyl (C=O) groups is 3. The molecule has 4 rings (SSSR count). The molecule has 3 amide bonds. The van der Waals surface area contributed by atoms with Crippen LogP contribution >= 0.6 is 0 Å². The van der Waals surface area contributed by atoms with E-state index in [-0.39, 0.29) is 29.8 Å². The zero-order valence-electron chi connectivity index (χ0n) is 19.6. The Hall–Kier alpha value is -2.14. The first-order valence-corrected chi connectivity index (χ1v) is 11.4. The maximum Gasteiger partial charge on any atom is 0.236 e. The highest BCUT2D eigenvalue weighted by Gasteiger charge is 2.62. The Morgan fingerprint density at radius 1 is 1.32 bits per heavy atom. The second-order valence-corrected chi connectivity index (χ2v) is 10.6. The van der Waals surface area contributed by atoms with Crippen molar-refractivity contribution in [3.8, 4) is 6.07 Å². The van der Waals surface area contributed by atoms with Crippen molar-refractivity contribution in [2.75, 3.05) is 19.6 Å². The van der Waals surface area contributed by atoms with Crippen LogP contribution in [0.2, 0.25) is 0 Å². The van der Waals surface area contributed by atoms with Gasteiger partial charge in [0.15, 0.2) is 0 Å². The van der Waals surface area contributed by atoms with E-state index in [0.717, 1.165) is 50.1 Å². The highest BCUT2D eigenvalue weighted by atomic mass is 16.2. The monoisotopic (exact) mass is 433 g/mol. The standard InChI is InChI=1S/C10H13N3O2.C9H16N2O.C4H10/c11-5-8(12-6-14)3-7-4-10(1-2-10)13-9(7)15;1-9(2)6-4-11(5-7(6)9)8(12)3-10;1-4(2)3/h6-8H,1-4H2,(H,12,14)(H,13,15);6-7H,3-5,10H2,1-2H3;4H,1-3H3. The maximum atomic E-state index is 11.5. The van der Waals surface area contributed by atoms with Crippen molar-refractivity contribution in [1.29, 1.82) is 5.26 Å². The molecule has 8 heteroatoms. The fourth-order valence-corrected chi connectivity index (χ4v) is 4.64. The Kier molecular flexibility index (Phi) is 8.09. The lowest BCUT2D eigenvalue weighted by Gasteiger charge is -2.21. The molecule has 4 unspecified atom stereocenters. The molecule has 0 aromatic carbocycles. The molecule has 2 saturated carbocycles. The third-order valence-corrected chi connectivity index (χ3v) is 6.84. The van der Waals surface area contributed by atoms with Gasteiger partial charge in [0, 0.05) is 24.5 Å². The van der Waals surface area contributed by atoms with Gasteiger partial charge in [0.2, 0.25) is 18.2 Å². The van der Waals surface area contributed by atoms with Gasteiger partial charge in [0.1, 0.15) is 6.04 Å². The maximum absolute atomic E-state index is 11.5. The van der Waals surface area contributed by atoms with Crippen LogP contribution in [0.1, 0.15) is 60.3 Å². The molecule has 31 heavy (non-hydrogen) atoms. The number of nitriles is 1. The van der Waals surface area contributed by atoms with E-state index in [1.165, 1.54) is 0 Å². The van der Waals surface area contributed by atoms with E-state index in [1.54, 1.807) is 0 Å². The second-order valence-electron chi connectivity index (χ2n) is 10.6. The number of likely N-dealkylation sites (tertiary alicyclic amines) is 1. The normalized spacial score (nSPS) is 28.8. The van der Waals surface area contributed by atoms with Crippen LogP contribution in [0, 0.1) is 40.4 Å². The number of hydrogen-bond acceptors (Lipinski definition) is 5. The number of carbonyl (C=O) groups excluding carboxylic acids is 3. The molecule has 2 aliphatic heterocycles. The highest BCUT2D eigenvalue weighted by Crippen LogP contribution is 2.61. The summed E-state index contributed by atoms with van der Waals surface area (Å²) in [5.74, 6) is 2.34. The molecule has 8 nitrogen and oxygen atoms in total. The van der Waals surface area contributed by atoms with Crippen molar-refractivity contribution in [1.82, 2.24) is 15.5 Å². The lowest BCUT2D eigenvalue weighted by atomic mass is 9.96. The summed E-state index contributed by atoms with van der Waals surface area (Å²) in [6.45, 7) is 13.1. The van der Waals surface area contributed by atoms with Crippen LogP contribution in [-0.4, -0.2) is 54.3 Å². The molecule has 4 fully saturated rings. The molecule has 4 aliphatic rings. The molecule has 4 atom stereocenters. The first-order chi connectivity index (χ1) is 14.5.